The fourth-order valence-electron chi connectivity index (χ4n) is 3.61. The highest BCUT2D eigenvalue weighted by atomic mass is 28.4. The molecule has 1 aromatic carbocycles. The van der Waals surface area contributed by atoms with E-state index in [4.69, 9.17) is 9.16 Å². The molecule has 0 unspecified atom stereocenters. The van der Waals surface area contributed by atoms with Gasteiger partial charge in [-0.1, -0.05) is 78.0 Å². The van der Waals surface area contributed by atoms with E-state index >= 15 is 0 Å². The normalized spacial score (nSPS) is 19.4. The standard InChI is InChI=1S/C27H41NO4Si/c1-20(2)27(5,6)33(7,8)32-17-16-22(4)21(3)14-15-25(29)28-24(19-31-26(28)30)18-23-12-10-9-11-13-23/h9-17,20-22,24H,18-19H2,1-8H3/b15-14+,17-16-/t21-,22-,24+/m1/s1. The van der Waals surface area contributed by atoms with E-state index in [1.54, 1.807) is 0 Å². The third kappa shape index (κ3) is 6.82. The monoisotopic (exact) mass is 471 g/mol. The van der Waals surface area contributed by atoms with Crippen LogP contribution < -0.4 is 0 Å². The van der Waals surface area contributed by atoms with Crippen LogP contribution in [0.25, 0.3) is 0 Å². The molecular weight excluding hydrogens is 430 g/mol. The van der Waals surface area contributed by atoms with E-state index < -0.39 is 14.4 Å². The summed E-state index contributed by atoms with van der Waals surface area (Å²) in [4.78, 5) is 26.2. The summed E-state index contributed by atoms with van der Waals surface area (Å²) in [6.45, 7) is 18.0. The highest BCUT2D eigenvalue weighted by Crippen LogP contribution is 2.44. The summed E-state index contributed by atoms with van der Waals surface area (Å²) in [6, 6.07) is 9.55. The molecule has 6 heteroatoms. The molecule has 0 bridgehead atoms. The lowest BCUT2D eigenvalue weighted by Crippen LogP contribution is -2.43. The Balaban J connectivity index is 1.96. The van der Waals surface area contributed by atoms with Crippen LogP contribution in [0, 0.1) is 17.8 Å². The number of imide groups is 1. The lowest BCUT2D eigenvalue weighted by Gasteiger charge is -2.41. The zero-order chi connectivity index (χ0) is 24.8. The highest BCUT2D eigenvalue weighted by Gasteiger charge is 2.44. The quantitative estimate of drug-likeness (QED) is 0.220. The SMILES string of the molecule is CC(C)C(C)(C)[Si](C)(C)O/C=C\[C@@H](C)[C@H](C)/C=C/C(=O)N1C(=O)OC[C@@H]1Cc1ccccc1. The van der Waals surface area contributed by atoms with Crippen molar-refractivity contribution < 1.29 is 18.8 Å². The average Bonchev–Trinajstić information content (AvgIpc) is 3.11. The van der Waals surface area contributed by atoms with Gasteiger partial charge in [-0.3, -0.25) is 4.79 Å². The Labute approximate surface area is 201 Å². The van der Waals surface area contributed by atoms with Gasteiger partial charge >= 0.3 is 6.09 Å². The molecule has 3 atom stereocenters. The van der Waals surface area contributed by atoms with Crippen LogP contribution in [0.5, 0.6) is 0 Å². The Morgan fingerprint density at radius 1 is 1.15 bits per heavy atom. The third-order valence-corrected chi connectivity index (χ3v) is 12.0. The summed E-state index contributed by atoms with van der Waals surface area (Å²) >= 11 is 0. The number of hydrogen-bond acceptors (Lipinski definition) is 4. The fraction of sp³-hybridized carbons (Fsp3) is 0.556. The van der Waals surface area contributed by atoms with Gasteiger partial charge in [0.25, 0.3) is 5.91 Å². The van der Waals surface area contributed by atoms with Crippen molar-refractivity contribution >= 4 is 20.3 Å². The molecule has 1 aromatic rings. The molecule has 5 nitrogen and oxygen atoms in total. The maximum atomic E-state index is 12.8. The van der Waals surface area contributed by atoms with Gasteiger partial charge in [0, 0.05) is 0 Å². The zero-order valence-electron chi connectivity index (χ0n) is 21.5. The Kier molecular flexibility index (Phi) is 9.12. The number of amides is 2. The molecule has 1 aliphatic heterocycles. The van der Waals surface area contributed by atoms with Gasteiger partial charge in [0.15, 0.2) is 0 Å². The first kappa shape index (κ1) is 26.9. The van der Waals surface area contributed by atoms with Gasteiger partial charge in [-0.25, -0.2) is 9.69 Å². The van der Waals surface area contributed by atoms with Crippen LogP contribution in [0.2, 0.25) is 18.1 Å². The van der Waals surface area contributed by atoms with Crippen molar-refractivity contribution in [3.8, 4) is 0 Å². The van der Waals surface area contributed by atoms with Crippen molar-refractivity contribution in [2.45, 2.75) is 72.1 Å². The van der Waals surface area contributed by atoms with Crippen LogP contribution in [0.4, 0.5) is 4.79 Å². The molecule has 0 saturated carbocycles. The Morgan fingerprint density at radius 3 is 2.36 bits per heavy atom. The van der Waals surface area contributed by atoms with Gasteiger partial charge < -0.3 is 9.16 Å². The van der Waals surface area contributed by atoms with E-state index in [9.17, 15) is 9.59 Å². The van der Waals surface area contributed by atoms with E-state index in [-0.39, 0.29) is 35.4 Å². The summed E-state index contributed by atoms with van der Waals surface area (Å²) in [6.07, 6.45) is 7.29. The van der Waals surface area contributed by atoms with Crippen LogP contribution in [0.1, 0.15) is 47.1 Å². The number of nitrogens with zero attached hydrogens (tertiary/aromatic N) is 1. The molecule has 0 aromatic heterocycles. The lowest BCUT2D eigenvalue weighted by atomic mass is 9.95. The van der Waals surface area contributed by atoms with Crippen LogP contribution in [0.3, 0.4) is 0 Å². The number of rotatable bonds is 10. The Bertz CT molecular complexity index is 860. The van der Waals surface area contributed by atoms with Gasteiger partial charge in [-0.05, 0) is 60.0 Å². The van der Waals surface area contributed by atoms with Crippen molar-refractivity contribution in [2.75, 3.05) is 6.61 Å². The topological polar surface area (TPSA) is 55.8 Å². The Morgan fingerprint density at radius 2 is 1.76 bits per heavy atom. The largest absolute Gasteiger partial charge is 0.549 e. The minimum Gasteiger partial charge on any atom is -0.549 e. The van der Waals surface area contributed by atoms with Crippen LogP contribution >= 0.6 is 0 Å². The smallest absolute Gasteiger partial charge is 0.417 e. The molecule has 0 N–H and O–H groups in total. The van der Waals surface area contributed by atoms with Crippen molar-refractivity contribution in [3.63, 3.8) is 0 Å². The minimum absolute atomic E-state index is 0.114. The van der Waals surface area contributed by atoms with Crippen molar-refractivity contribution in [3.05, 3.63) is 60.4 Å². The molecule has 1 saturated heterocycles. The molecule has 1 aliphatic rings. The predicted octanol–water partition coefficient (Wildman–Crippen LogP) is 6.58. The van der Waals surface area contributed by atoms with E-state index in [1.165, 1.54) is 11.0 Å². The summed E-state index contributed by atoms with van der Waals surface area (Å²) in [5.41, 5.74) is 1.07. The second kappa shape index (κ2) is 11.2. The molecule has 0 aliphatic carbocycles. The number of benzene rings is 1. The van der Waals surface area contributed by atoms with Crippen LogP contribution in [-0.2, 0) is 20.4 Å². The van der Waals surface area contributed by atoms with Crippen molar-refractivity contribution in [1.29, 1.82) is 0 Å². The first-order chi connectivity index (χ1) is 15.4. The first-order valence-corrected chi connectivity index (χ1v) is 14.8. The van der Waals surface area contributed by atoms with E-state index in [1.807, 2.05) is 42.7 Å². The molecule has 2 rings (SSSR count). The van der Waals surface area contributed by atoms with Gasteiger partial charge in [-0.2, -0.15) is 0 Å². The molecule has 2 amide bonds. The van der Waals surface area contributed by atoms with Gasteiger partial charge in [0.05, 0.1) is 12.3 Å². The highest BCUT2D eigenvalue weighted by molar-refractivity contribution is 6.74. The lowest BCUT2D eigenvalue weighted by molar-refractivity contribution is -0.124. The minimum atomic E-state index is -1.91. The summed E-state index contributed by atoms with van der Waals surface area (Å²) in [5, 5.41) is 0.152. The maximum absolute atomic E-state index is 12.8. The molecule has 0 radical (unpaired) electrons. The van der Waals surface area contributed by atoms with Crippen LogP contribution in [0.15, 0.2) is 54.8 Å². The van der Waals surface area contributed by atoms with Gasteiger partial charge in [0.2, 0.25) is 8.32 Å². The van der Waals surface area contributed by atoms with Crippen molar-refractivity contribution in [2.24, 2.45) is 17.8 Å². The van der Waals surface area contributed by atoms with Gasteiger partial charge in [0.1, 0.15) is 6.61 Å². The number of carbonyl (C=O) groups is 2. The molecule has 1 heterocycles. The molecule has 0 spiro atoms. The van der Waals surface area contributed by atoms with E-state index in [0.717, 1.165) is 5.56 Å². The molecule has 33 heavy (non-hydrogen) atoms. The van der Waals surface area contributed by atoms with E-state index in [0.29, 0.717) is 12.3 Å². The Hall–Kier alpha value is -2.34. The number of allylic oxidation sites excluding steroid dienone is 2. The average molecular weight is 472 g/mol. The van der Waals surface area contributed by atoms with Crippen LogP contribution in [-0.4, -0.2) is 37.9 Å². The fourth-order valence-corrected chi connectivity index (χ4v) is 5.73. The summed E-state index contributed by atoms with van der Waals surface area (Å²) < 4.78 is 11.4. The van der Waals surface area contributed by atoms with Gasteiger partial charge in [-0.15, -0.1) is 0 Å². The van der Waals surface area contributed by atoms with Crippen molar-refractivity contribution in [1.82, 2.24) is 4.90 Å². The number of hydrogen-bond donors (Lipinski definition) is 0. The third-order valence-electron chi connectivity index (χ3n) is 7.62. The predicted molar refractivity (Wildman–Crippen MR) is 136 cm³/mol. The second-order valence-electron chi connectivity index (χ2n) is 10.5. The molecule has 182 valence electrons. The first-order valence-electron chi connectivity index (χ1n) is 11.9. The number of ether oxygens (including phenoxy) is 1. The second-order valence-corrected chi connectivity index (χ2v) is 15.1. The number of cyclic esters (lactones) is 1. The maximum Gasteiger partial charge on any atom is 0.417 e. The summed E-state index contributed by atoms with van der Waals surface area (Å²) in [5.74, 6) is 0.514. The molecular formula is C27H41NO4Si. The van der Waals surface area contributed by atoms with E-state index in [2.05, 4.69) is 60.7 Å². The molecule has 1 fully saturated rings. The number of carbonyl (C=O) groups excluding carboxylic acids is 2. The zero-order valence-corrected chi connectivity index (χ0v) is 22.5. The summed E-state index contributed by atoms with van der Waals surface area (Å²) in [7, 11) is -1.91.